The van der Waals surface area contributed by atoms with Crippen LogP contribution in [0.3, 0.4) is 0 Å². The average molecular weight is 242 g/mol. The molecule has 0 aromatic heterocycles. The topological polar surface area (TPSA) is 24.7 Å². The maximum Gasteiger partial charge on any atom is 0.260 e. The van der Waals surface area contributed by atoms with Gasteiger partial charge in [0.2, 0.25) is 5.91 Å². The maximum atomic E-state index is 11.7. The zero-order chi connectivity index (χ0) is 13.0. The van der Waals surface area contributed by atoms with E-state index < -0.39 is 5.54 Å². The molecule has 0 atom stereocenters. The van der Waals surface area contributed by atoms with E-state index in [1.54, 1.807) is 0 Å². The Kier molecular flexibility index (Phi) is 3.66. The minimum atomic E-state index is -0.425. The first kappa shape index (κ1) is 12.6. The maximum absolute atomic E-state index is 11.7. The second-order valence-electron chi connectivity index (χ2n) is 4.74. The molecule has 3 heteroatoms. The normalized spacial score (nSPS) is 18.1. The Bertz CT molecular complexity index is 453. The molecule has 1 aliphatic rings. The van der Waals surface area contributed by atoms with Gasteiger partial charge in [-0.3, -0.25) is 4.79 Å². The van der Waals surface area contributed by atoms with Crippen molar-refractivity contribution in [2.45, 2.75) is 31.7 Å². The highest BCUT2D eigenvalue weighted by Gasteiger charge is 2.42. The van der Waals surface area contributed by atoms with Gasteiger partial charge in [0.05, 0.1) is 0 Å². The van der Waals surface area contributed by atoms with Gasteiger partial charge in [0.25, 0.3) is 5.54 Å². The number of carbonyl (C=O) groups is 1. The molecule has 0 bridgehead atoms. The van der Waals surface area contributed by atoms with Crippen molar-refractivity contribution >= 4 is 5.91 Å². The first-order valence-corrected chi connectivity index (χ1v) is 6.44. The second-order valence-corrected chi connectivity index (χ2v) is 4.74. The Labute approximate surface area is 108 Å². The van der Waals surface area contributed by atoms with Crippen LogP contribution in [0.2, 0.25) is 0 Å². The van der Waals surface area contributed by atoms with Crippen LogP contribution in [0, 0.1) is 6.57 Å². The minimum absolute atomic E-state index is 0.196. The molecule has 0 radical (unpaired) electrons. The molecule has 1 aliphatic heterocycles. The summed E-state index contributed by atoms with van der Waals surface area (Å²) >= 11 is 0. The zero-order valence-corrected chi connectivity index (χ0v) is 10.7. The van der Waals surface area contributed by atoms with E-state index in [-0.39, 0.29) is 5.91 Å². The third-order valence-corrected chi connectivity index (χ3v) is 3.77. The highest BCUT2D eigenvalue weighted by molar-refractivity contribution is 5.75. The van der Waals surface area contributed by atoms with Crippen LogP contribution in [-0.2, 0) is 10.3 Å². The van der Waals surface area contributed by atoms with Gasteiger partial charge in [-0.15, -0.1) is 0 Å². The fraction of sp³-hybridized carbons (Fsp3) is 0.467. The van der Waals surface area contributed by atoms with Gasteiger partial charge in [-0.1, -0.05) is 37.3 Å². The van der Waals surface area contributed by atoms with Gasteiger partial charge < -0.3 is 9.74 Å². The van der Waals surface area contributed by atoms with Gasteiger partial charge >= 0.3 is 0 Å². The first-order valence-electron chi connectivity index (χ1n) is 6.44. The summed E-state index contributed by atoms with van der Waals surface area (Å²) in [5.41, 5.74) is 0.662. The van der Waals surface area contributed by atoms with Crippen LogP contribution in [0.4, 0.5) is 0 Å². The smallest absolute Gasteiger partial charge is 0.260 e. The summed E-state index contributed by atoms with van der Waals surface area (Å²) in [5.74, 6) is 0.196. The number of hydrogen-bond donors (Lipinski definition) is 0. The number of likely N-dealkylation sites (tertiary alicyclic amines) is 1. The van der Waals surface area contributed by atoms with Gasteiger partial charge in [-0.05, 0) is 0 Å². The molecule has 0 aliphatic carbocycles. The van der Waals surface area contributed by atoms with E-state index in [9.17, 15) is 4.79 Å². The minimum Gasteiger partial charge on any atom is -0.342 e. The van der Waals surface area contributed by atoms with Gasteiger partial charge in [0.15, 0.2) is 0 Å². The number of amides is 1. The molecule has 1 fully saturated rings. The molecule has 1 aromatic rings. The van der Waals surface area contributed by atoms with Crippen molar-refractivity contribution in [3.63, 3.8) is 0 Å². The van der Waals surface area contributed by atoms with Crippen LogP contribution in [0.25, 0.3) is 4.85 Å². The molecule has 2 rings (SSSR count). The third-order valence-electron chi connectivity index (χ3n) is 3.77. The highest BCUT2D eigenvalue weighted by atomic mass is 16.2. The standard InChI is InChI=1S/C15H18N2O/c1-3-14(18)17-11-9-15(16-2,10-12-17)13-7-5-4-6-8-13/h4-8H,3,9-12H2,1H3. The molecule has 1 saturated heterocycles. The number of carbonyl (C=O) groups excluding carboxylic acids is 1. The van der Waals surface area contributed by atoms with Crippen molar-refractivity contribution in [2.24, 2.45) is 0 Å². The summed E-state index contributed by atoms with van der Waals surface area (Å²) in [7, 11) is 0. The van der Waals surface area contributed by atoms with Crippen molar-refractivity contribution < 1.29 is 4.79 Å². The lowest BCUT2D eigenvalue weighted by Gasteiger charge is -2.34. The van der Waals surface area contributed by atoms with Gasteiger partial charge in [-0.25, -0.2) is 6.57 Å². The fourth-order valence-corrected chi connectivity index (χ4v) is 2.56. The monoisotopic (exact) mass is 242 g/mol. The van der Waals surface area contributed by atoms with Crippen molar-refractivity contribution in [1.82, 2.24) is 4.90 Å². The van der Waals surface area contributed by atoms with Crippen LogP contribution in [0.15, 0.2) is 30.3 Å². The van der Waals surface area contributed by atoms with Crippen LogP contribution < -0.4 is 0 Å². The van der Waals surface area contributed by atoms with Crippen LogP contribution >= 0.6 is 0 Å². The Morgan fingerprint density at radius 1 is 1.33 bits per heavy atom. The lowest BCUT2D eigenvalue weighted by Crippen LogP contribution is -2.43. The van der Waals surface area contributed by atoms with Gasteiger partial charge in [0.1, 0.15) is 0 Å². The Morgan fingerprint density at radius 2 is 1.94 bits per heavy atom. The Balaban J connectivity index is 2.15. The summed E-state index contributed by atoms with van der Waals surface area (Å²) < 4.78 is 0. The van der Waals surface area contributed by atoms with Crippen molar-refractivity contribution in [3.8, 4) is 0 Å². The summed E-state index contributed by atoms with van der Waals surface area (Å²) in [6.45, 7) is 10.8. The summed E-state index contributed by atoms with van der Waals surface area (Å²) in [6.07, 6.45) is 2.04. The summed E-state index contributed by atoms with van der Waals surface area (Å²) in [4.78, 5) is 17.4. The Morgan fingerprint density at radius 3 is 2.44 bits per heavy atom. The van der Waals surface area contributed by atoms with Crippen LogP contribution in [-0.4, -0.2) is 23.9 Å². The predicted molar refractivity (Wildman–Crippen MR) is 70.8 cm³/mol. The number of piperidine rings is 1. The molecule has 1 aromatic carbocycles. The molecule has 18 heavy (non-hydrogen) atoms. The SMILES string of the molecule is [C-]#[N+]C1(c2ccccc2)CCN(C(=O)CC)CC1. The van der Waals surface area contributed by atoms with E-state index >= 15 is 0 Å². The summed E-state index contributed by atoms with van der Waals surface area (Å²) in [6, 6.07) is 9.97. The van der Waals surface area contributed by atoms with E-state index in [0.29, 0.717) is 19.5 Å². The molecule has 0 spiro atoms. The molecule has 1 amide bonds. The average Bonchev–Trinajstić information content (AvgIpc) is 2.47. The van der Waals surface area contributed by atoms with Gasteiger partial charge in [-0.2, -0.15) is 0 Å². The lowest BCUT2D eigenvalue weighted by atomic mass is 9.81. The van der Waals surface area contributed by atoms with E-state index in [1.807, 2.05) is 42.2 Å². The highest BCUT2D eigenvalue weighted by Crippen LogP contribution is 2.36. The lowest BCUT2D eigenvalue weighted by molar-refractivity contribution is -0.132. The fourth-order valence-electron chi connectivity index (χ4n) is 2.56. The molecule has 1 heterocycles. The molecule has 0 N–H and O–H groups in total. The summed E-state index contributed by atoms with van der Waals surface area (Å²) in [5, 5.41) is 0. The zero-order valence-electron chi connectivity index (χ0n) is 10.7. The molecular formula is C15H18N2O. The van der Waals surface area contributed by atoms with Crippen LogP contribution in [0.1, 0.15) is 31.7 Å². The molecular weight excluding hydrogens is 224 g/mol. The van der Waals surface area contributed by atoms with E-state index in [1.165, 1.54) is 0 Å². The number of benzene rings is 1. The number of nitrogens with zero attached hydrogens (tertiary/aromatic N) is 2. The van der Waals surface area contributed by atoms with E-state index in [0.717, 1.165) is 18.4 Å². The largest absolute Gasteiger partial charge is 0.342 e. The predicted octanol–water partition coefficient (Wildman–Crippen LogP) is 2.83. The Hall–Kier alpha value is -1.82. The molecule has 94 valence electrons. The van der Waals surface area contributed by atoms with Crippen molar-refractivity contribution in [2.75, 3.05) is 13.1 Å². The molecule has 3 nitrogen and oxygen atoms in total. The van der Waals surface area contributed by atoms with Gasteiger partial charge in [0, 0.05) is 37.9 Å². The van der Waals surface area contributed by atoms with Crippen molar-refractivity contribution in [1.29, 1.82) is 0 Å². The van der Waals surface area contributed by atoms with Crippen LogP contribution in [0.5, 0.6) is 0 Å². The first-order chi connectivity index (χ1) is 8.72. The number of hydrogen-bond acceptors (Lipinski definition) is 1. The van der Waals surface area contributed by atoms with E-state index in [2.05, 4.69) is 4.85 Å². The molecule has 0 unspecified atom stereocenters. The second kappa shape index (κ2) is 5.22. The van der Waals surface area contributed by atoms with Crippen molar-refractivity contribution in [3.05, 3.63) is 47.3 Å². The third kappa shape index (κ3) is 2.24. The quantitative estimate of drug-likeness (QED) is 0.732. The number of rotatable bonds is 2. The molecule has 0 saturated carbocycles. The van der Waals surface area contributed by atoms with E-state index in [4.69, 9.17) is 6.57 Å².